The minimum atomic E-state index is -0.836. The SMILES string of the molecule is CC(C)(C)C1CCC(Oc2ccc(-c3cc(CCCCC(=O)O)ccc3F)cc2)CC1.CC(C)(C)C1CCC(Oc2ccc(B3OC(C)(C)C(C)(C)O3)cc2)CC1.NCCC(=O)O.O=Cc1ccc(F)c(Br)c1. The van der Waals surface area contributed by atoms with Crippen molar-refractivity contribution in [2.45, 2.75) is 176 Å². The molecule has 0 aromatic heterocycles. The zero-order valence-corrected chi connectivity index (χ0v) is 46.5. The molecule has 73 heavy (non-hydrogen) atoms. The van der Waals surface area contributed by atoms with Gasteiger partial charge in [-0.05, 0) is 208 Å². The number of carboxylic acids is 2. The average molecular weight is 1080 g/mol. The number of carboxylic acid groups (broad SMARTS) is 2. The van der Waals surface area contributed by atoms with Gasteiger partial charge in [-0.25, -0.2) is 8.78 Å². The van der Waals surface area contributed by atoms with E-state index in [-0.39, 0.29) is 55.4 Å². The molecule has 2 aliphatic carbocycles. The highest BCUT2D eigenvalue weighted by atomic mass is 79.9. The van der Waals surface area contributed by atoms with Crippen molar-refractivity contribution in [1.29, 1.82) is 0 Å². The molecule has 0 atom stereocenters. The van der Waals surface area contributed by atoms with Gasteiger partial charge in [-0.1, -0.05) is 71.9 Å². The largest absolute Gasteiger partial charge is 0.494 e. The third-order valence-corrected chi connectivity index (χ3v) is 15.2. The van der Waals surface area contributed by atoms with Gasteiger partial charge in [-0.2, -0.15) is 0 Å². The van der Waals surface area contributed by atoms with Crippen LogP contribution in [0.4, 0.5) is 8.78 Å². The zero-order chi connectivity index (χ0) is 54.1. The summed E-state index contributed by atoms with van der Waals surface area (Å²) in [6.07, 6.45) is 13.1. The molecule has 0 unspecified atom stereocenters. The maximum absolute atomic E-state index is 14.4. The fourth-order valence-corrected chi connectivity index (χ4v) is 9.53. The zero-order valence-electron chi connectivity index (χ0n) is 44.9. The maximum Gasteiger partial charge on any atom is 0.494 e. The summed E-state index contributed by atoms with van der Waals surface area (Å²) >= 11 is 2.95. The van der Waals surface area contributed by atoms with Crippen LogP contribution in [-0.2, 0) is 25.3 Å². The smallest absolute Gasteiger partial charge is 0.490 e. The third-order valence-electron chi connectivity index (χ3n) is 14.5. The first-order chi connectivity index (χ1) is 34.2. The number of aliphatic carboxylic acids is 2. The van der Waals surface area contributed by atoms with Gasteiger partial charge < -0.3 is 34.7 Å². The lowest BCUT2D eigenvalue weighted by Gasteiger charge is -2.37. The summed E-state index contributed by atoms with van der Waals surface area (Å²) in [5.74, 6) is 1.15. The molecule has 0 radical (unpaired) electrons. The number of carbonyl (C=O) groups is 3. The highest BCUT2D eigenvalue weighted by Gasteiger charge is 2.51. The lowest BCUT2D eigenvalue weighted by Crippen LogP contribution is -2.41. The second kappa shape index (κ2) is 27.8. The van der Waals surface area contributed by atoms with Crippen LogP contribution >= 0.6 is 15.9 Å². The van der Waals surface area contributed by atoms with E-state index in [2.05, 4.69) is 109 Å². The van der Waals surface area contributed by atoms with E-state index in [1.54, 1.807) is 6.07 Å². The number of aldehydes is 1. The van der Waals surface area contributed by atoms with E-state index in [1.807, 2.05) is 30.3 Å². The van der Waals surface area contributed by atoms with Gasteiger partial charge in [0.05, 0.1) is 34.3 Å². The number of ether oxygens (including phenoxy) is 2. The van der Waals surface area contributed by atoms with Crippen LogP contribution in [0.2, 0.25) is 0 Å². The molecule has 7 rings (SSSR count). The van der Waals surface area contributed by atoms with Gasteiger partial charge in [0.1, 0.15) is 29.4 Å². The minimum absolute atomic E-state index is 0.0694. The normalized spacial score (nSPS) is 20.2. The number of hydrogen-bond acceptors (Lipinski definition) is 8. The Kier molecular flexibility index (Phi) is 23.2. The van der Waals surface area contributed by atoms with Crippen molar-refractivity contribution in [3.05, 3.63) is 112 Å². The molecular weight excluding hydrogens is 995 g/mol. The fraction of sp³-hybridized carbons (Fsp3) is 0.542. The second-order valence-corrected chi connectivity index (χ2v) is 23.6. The topological polar surface area (TPSA) is 155 Å². The van der Waals surface area contributed by atoms with E-state index in [4.69, 9.17) is 34.7 Å². The van der Waals surface area contributed by atoms with Crippen LogP contribution in [-0.4, -0.2) is 65.5 Å². The van der Waals surface area contributed by atoms with E-state index in [9.17, 15) is 23.2 Å². The molecule has 10 nitrogen and oxygen atoms in total. The summed E-state index contributed by atoms with van der Waals surface area (Å²) in [7, 11) is -0.309. The number of halogens is 3. The Morgan fingerprint density at radius 2 is 1.15 bits per heavy atom. The number of carbonyl (C=O) groups excluding carboxylic acids is 1. The molecule has 4 aromatic rings. The van der Waals surface area contributed by atoms with E-state index in [0.717, 1.165) is 78.4 Å². The van der Waals surface area contributed by atoms with Crippen LogP contribution in [0.5, 0.6) is 11.5 Å². The molecule has 1 heterocycles. The van der Waals surface area contributed by atoms with Crippen molar-refractivity contribution in [2.75, 3.05) is 6.54 Å². The summed E-state index contributed by atoms with van der Waals surface area (Å²) < 4.78 is 51.9. The fourth-order valence-electron chi connectivity index (χ4n) is 9.14. The Morgan fingerprint density at radius 1 is 0.685 bits per heavy atom. The van der Waals surface area contributed by atoms with Crippen LogP contribution in [0.25, 0.3) is 11.1 Å². The van der Waals surface area contributed by atoms with Crippen LogP contribution in [0.3, 0.4) is 0 Å². The van der Waals surface area contributed by atoms with E-state index < -0.39 is 11.9 Å². The third kappa shape index (κ3) is 19.9. The first-order valence-corrected chi connectivity index (χ1v) is 26.7. The quantitative estimate of drug-likeness (QED) is 0.0631. The lowest BCUT2D eigenvalue weighted by molar-refractivity contribution is -0.138. The Hall–Kier alpha value is -4.63. The molecule has 4 aromatic carbocycles. The van der Waals surface area contributed by atoms with Crippen LogP contribution in [0, 0.1) is 34.3 Å². The van der Waals surface area contributed by atoms with Crippen LogP contribution in [0.15, 0.2) is 89.4 Å². The Bertz CT molecular complexity index is 2330. The van der Waals surface area contributed by atoms with Crippen LogP contribution < -0.4 is 20.7 Å². The predicted molar refractivity (Wildman–Crippen MR) is 292 cm³/mol. The summed E-state index contributed by atoms with van der Waals surface area (Å²) in [5, 5.41) is 16.6. The van der Waals surface area contributed by atoms with E-state index >= 15 is 0 Å². The van der Waals surface area contributed by atoms with Crippen molar-refractivity contribution in [1.82, 2.24) is 0 Å². The van der Waals surface area contributed by atoms with Gasteiger partial charge >= 0.3 is 19.1 Å². The molecule has 0 spiro atoms. The van der Waals surface area contributed by atoms with Gasteiger partial charge in [0.25, 0.3) is 0 Å². The number of rotatable bonds is 14. The molecule has 3 aliphatic rings. The molecule has 0 bridgehead atoms. The van der Waals surface area contributed by atoms with Gasteiger partial charge in [0.15, 0.2) is 0 Å². The van der Waals surface area contributed by atoms with Gasteiger partial charge in [0, 0.05) is 24.1 Å². The maximum atomic E-state index is 14.4. The molecule has 1 saturated heterocycles. The molecule has 1 aliphatic heterocycles. The minimum Gasteiger partial charge on any atom is -0.490 e. The van der Waals surface area contributed by atoms with Gasteiger partial charge in [-0.15, -0.1) is 0 Å². The number of aryl methyl sites for hydroxylation is 1. The molecule has 0 amide bonds. The Labute approximate surface area is 442 Å². The van der Waals surface area contributed by atoms with Crippen molar-refractivity contribution >= 4 is 46.7 Å². The van der Waals surface area contributed by atoms with Crippen molar-refractivity contribution in [2.24, 2.45) is 28.4 Å². The molecule has 4 N–H and O–H groups in total. The summed E-state index contributed by atoms with van der Waals surface area (Å²) in [6, 6.07) is 25.2. The summed E-state index contributed by atoms with van der Waals surface area (Å²) in [4.78, 5) is 30.3. The summed E-state index contributed by atoms with van der Waals surface area (Å²) in [6.45, 7) is 22.6. The number of hydrogen-bond donors (Lipinski definition) is 3. The summed E-state index contributed by atoms with van der Waals surface area (Å²) in [5.41, 5.74) is 8.95. The molecule has 2 saturated carbocycles. The Balaban J connectivity index is 0.000000245. The van der Waals surface area contributed by atoms with E-state index in [0.29, 0.717) is 45.2 Å². The first-order valence-electron chi connectivity index (χ1n) is 25.9. The molecule has 400 valence electrons. The number of benzene rings is 4. The van der Waals surface area contributed by atoms with E-state index in [1.165, 1.54) is 49.9 Å². The van der Waals surface area contributed by atoms with Crippen molar-refractivity contribution in [3.63, 3.8) is 0 Å². The molecular formula is C59H81BBrF2NO9. The van der Waals surface area contributed by atoms with Crippen LogP contribution in [0.1, 0.15) is 162 Å². The van der Waals surface area contributed by atoms with Gasteiger partial charge in [-0.3, -0.25) is 14.4 Å². The van der Waals surface area contributed by atoms with Gasteiger partial charge in [0.2, 0.25) is 0 Å². The predicted octanol–water partition coefficient (Wildman–Crippen LogP) is 14.1. The number of unbranched alkanes of at least 4 members (excludes halogenated alkanes) is 1. The standard InChI is InChI=1S/C27H35FO3.C22H35BO3.C7H4BrFO.C3H7NO2/c1-27(2,3)21-11-15-23(16-12-21)31-22-13-9-20(10-14-22)24-18-19(8-17-25(24)28)6-4-5-7-26(29)30;1-20(2,3)16-8-12-18(13-9-16)24-19-14-10-17(11-15-19)23-25-21(4,5)22(6,7)26-23;8-6-3-5(4-10)1-2-7(6)9;4-2-1-3(5)6/h8-10,13-14,17-18,21,23H,4-7,11-12,15-16H2,1-3H3,(H,29,30);10-11,14-16,18H,8-9,12-13H2,1-7H3;1-4H;1-2,4H2,(H,5,6). The average Bonchev–Trinajstić information content (AvgIpc) is 3.55. The highest BCUT2D eigenvalue weighted by molar-refractivity contribution is 9.10. The molecule has 14 heteroatoms. The number of nitrogens with two attached hydrogens (primary N) is 1. The molecule has 3 fully saturated rings. The monoisotopic (exact) mass is 1080 g/mol. The highest BCUT2D eigenvalue weighted by Crippen LogP contribution is 2.41. The lowest BCUT2D eigenvalue weighted by atomic mass is 9.72. The second-order valence-electron chi connectivity index (χ2n) is 22.7. The van der Waals surface area contributed by atoms with Crippen molar-refractivity contribution in [3.8, 4) is 22.6 Å². The van der Waals surface area contributed by atoms with Crippen molar-refractivity contribution < 1.29 is 52.2 Å². The first kappa shape index (κ1) is 60.9. The Morgan fingerprint density at radius 3 is 1.56 bits per heavy atom.